The molecule has 12 rings (SSSR count). The van der Waals surface area contributed by atoms with Crippen LogP contribution in [-0.4, -0.2) is 91.6 Å². The molecule has 2 fully saturated rings. The predicted octanol–water partition coefficient (Wildman–Crippen LogP) is 12.9. The average molecular weight is 1130 g/mol. The number of methoxy groups -OCH3 is 1. The van der Waals surface area contributed by atoms with E-state index in [1.54, 1.807) is 43.0 Å². The molecule has 9 heterocycles. The van der Waals surface area contributed by atoms with Crippen LogP contribution in [0.15, 0.2) is 138 Å². The van der Waals surface area contributed by atoms with Gasteiger partial charge in [-0.3, -0.25) is 0 Å². The molecule has 0 saturated heterocycles. The maximum atomic E-state index is 9.88. The van der Waals surface area contributed by atoms with Gasteiger partial charge in [0.15, 0.2) is 11.5 Å². The number of phenolic OH excluding ortho intramolecular Hbond substituents is 1. The zero-order chi connectivity index (χ0) is 50.4. The minimum atomic E-state index is -0.161. The first kappa shape index (κ1) is 49.7. The normalized spacial score (nSPS) is 17.6. The first-order chi connectivity index (χ1) is 35.5. The topological polar surface area (TPSA) is 219 Å². The molecule has 2 aliphatic rings. The van der Waals surface area contributed by atoms with E-state index < -0.39 is 0 Å². The number of aromatic nitrogens is 9. The Morgan fingerprint density at radius 2 is 0.932 bits per heavy atom. The highest BCUT2D eigenvalue weighted by Gasteiger charge is 2.21. The molecule has 0 bridgehead atoms. The van der Waals surface area contributed by atoms with E-state index >= 15 is 0 Å². The van der Waals surface area contributed by atoms with E-state index in [-0.39, 0.29) is 18.0 Å². The Kier molecular flexibility index (Phi) is 15.3. The molecule has 9 aromatic heterocycles. The number of aromatic hydroxyl groups is 1. The van der Waals surface area contributed by atoms with E-state index in [2.05, 4.69) is 112 Å². The second-order valence-corrected chi connectivity index (χ2v) is 20.5. The van der Waals surface area contributed by atoms with Crippen LogP contribution in [0.4, 0.5) is 11.6 Å². The molecule has 0 atom stereocenters. The summed E-state index contributed by atoms with van der Waals surface area (Å²) in [7, 11) is 1.54. The molecular formula is C55H52Br2ClN11O4. The summed E-state index contributed by atoms with van der Waals surface area (Å²) in [5.74, 6) is 2.28. The highest BCUT2D eigenvalue weighted by Crippen LogP contribution is 2.36. The Morgan fingerprint density at radius 3 is 1.37 bits per heavy atom. The lowest BCUT2D eigenvalue weighted by molar-refractivity contribution is 0.125. The van der Waals surface area contributed by atoms with Crippen molar-refractivity contribution in [3.05, 3.63) is 143 Å². The smallest absolute Gasteiger partial charge is 0.161 e. The summed E-state index contributed by atoms with van der Waals surface area (Å²) in [4.78, 5) is 36.1. The summed E-state index contributed by atoms with van der Waals surface area (Å²) < 4.78 is 7.15. The Morgan fingerprint density at radius 1 is 0.507 bits per heavy atom. The van der Waals surface area contributed by atoms with Crippen LogP contribution in [-0.2, 0) is 0 Å². The second-order valence-electron chi connectivity index (χ2n) is 18.2. The van der Waals surface area contributed by atoms with Crippen molar-refractivity contribution < 1.29 is 20.1 Å². The first-order valence-corrected chi connectivity index (χ1v) is 26.0. The third-order valence-corrected chi connectivity index (χ3v) is 14.4. The fourth-order valence-corrected chi connectivity index (χ4v) is 10.1. The van der Waals surface area contributed by atoms with E-state index in [1.165, 1.54) is 7.11 Å². The average Bonchev–Trinajstić information content (AvgIpc) is 4.16. The van der Waals surface area contributed by atoms with Gasteiger partial charge in [0.05, 0.1) is 19.3 Å². The zero-order valence-electron chi connectivity index (χ0n) is 39.7. The Balaban J connectivity index is 0.000000132. The number of benzene rings is 1. The molecule has 0 aliphatic heterocycles. The molecule has 15 nitrogen and oxygen atoms in total. The number of aliphatic hydroxyl groups is 2. The van der Waals surface area contributed by atoms with Gasteiger partial charge in [-0.05, 0) is 156 Å². The van der Waals surface area contributed by atoms with Crippen molar-refractivity contribution in [2.75, 3.05) is 17.7 Å². The summed E-state index contributed by atoms with van der Waals surface area (Å²) in [5.41, 5.74) is 10.6. The van der Waals surface area contributed by atoms with E-state index in [1.807, 2.05) is 61.3 Å². The molecular weight excluding hydrogens is 1070 g/mol. The van der Waals surface area contributed by atoms with E-state index in [4.69, 9.17) is 16.3 Å². The number of hydrogen-bond donors (Lipinski definition) is 8. The van der Waals surface area contributed by atoms with Gasteiger partial charge >= 0.3 is 0 Å². The number of rotatable bonds is 9. The molecule has 8 N–H and O–H groups in total. The quantitative estimate of drug-likeness (QED) is 0.0633. The molecule has 18 heteroatoms. The molecule has 0 spiro atoms. The summed E-state index contributed by atoms with van der Waals surface area (Å²) in [6.07, 6.45) is 23.8. The number of pyridine rings is 6. The lowest BCUT2D eigenvalue weighted by Crippen LogP contribution is -2.28. The van der Waals surface area contributed by atoms with E-state index in [0.29, 0.717) is 23.0 Å². The molecule has 372 valence electrons. The lowest BCUT2D eigenvalue weighted by Gasteiger charge is -2.26. The van der Waals surface area contributed by atoms with Gasteiger partial charge in [0, 0.05) is 132 Å². The predicted molar refractivity (Wildman–Crippen MR) is 296 cm³/mol. The van der Waals surface area contributed by atoms with Crippen LogP contribution >= 0.6 is 43.5 Å². The molecule has 10 aromatic rings. The van der Waals surface area contributed by atoms with Crippen molar-refractivity contribution in [3.63, 3.8) is 0 Å². The number of halogens is 3. The lowest BCUT2D eigenvalue weighted by atomic mass is 9.93. The molecule has 2 aliphatic carbocycles. The third kappa shape index (κ3) is 11.8. The van der Waals surface area contributed by atoms with Gasteiger partial charge in [-0.25, -0.2) is 29.9 Å². The number of aromatic amines is 3. The fourth-order valence-electron chi connectivity index (χ4n) is 9.36. The summed E-state index contributed by atoms with van der Waals surface area (Å²) >= 11 is 12.7. The monoisotopic (exact) mass is 1120 g/mol. The van der Waals surface area contributed by atoms with E-state index in [0.717, 1.165) is 150 Å². The van der Waals surface area contributed by atoms with Crippen LogP contribution in [0.1, 0.15) is 51.4 Å². The number of phenols is 1. The van der Waals surface area contributed by atoms with Crippen LogP contribution < -0.4 is 15.4 Å². The maximum Gasteiger partial charge on any atom is 0.161 e. The van der Waals surface area contributed by atoms with E-state index in [9.17, 15) is 15.3 Å². The Bertz CT molecular complexity index is 3460. The molecule has 0 radical (unpaired) electrons. The van der Waals surface area contributed by atoms with Gasteiger partial charge in [-0.2, -0.15) is 0 Å². The number of nitrogens with zero attached hydrogens (tertiary/aromatic N) is 6. The molecule has 1 aromatic carbocycles. The number of fused-ring (bicyclic) bond motifs is 3. The minimum Gasteiger partial charge on any atom is -0.504 e. The zero-order valence-corrected chi connectivity index (χ0v) is 43.6. The molecule has 0 amide bonds. The van der Waals surface area contributed by atoms with Crippen LogP contribution in [0.25, 0.3) is 77.6 Å². The SMILES string of the molecule is COc1cc(-c2cnc3[nH]cc(-c4ccc(NC5CCC(O)CC5)nc4)c3c2)ccc1O.Clc1ccc(-c2c[nH]c3ncc(Br)cc23)cn1.OC1CCC(Nc2ccc(-c3c[nH]c4ncc(Br)cc34)cn2)CC1. The van der Waals surface area contributed by atoms with Gasteiger partial charge in [-0.1, -0.05) is 17.7 Å². The molecule has 0 unspecified atom stereocenters. The molecule has 2 saturated carbocycles. The van der Waals surface area contributed by atoms with Crippen LogP contribution in [0.3, 0.4) is 0 Å². The van der Waals surface area contributed by atoms with Crippen molar-refractivity contribution in [3.8, 4) is 56.0 Å². The van der Waals surface area contributed by atoms with Crippen LogP contribution in [0.2, 0.25) is 5.15 Å². The molecule has 73 heavy (non-hydrogen) atoms. The number of hydrogen-bond acceptors (Lipinski definition) is 12. The first-order valence-electron chi connectivity index (χ1n) is 24.1. The van der Waals surface area contributed by atoms with Gasteiger partial charge in [0.2, 0.25) is 0 Å². The van der Waals surface area contributed by atoms with Crippen molar-refractivity contribution >= 4 is 88.2 Å². The van der Waals surface area contributed by atoms with Gasteiger partial charge < -0.3 is 45.6 Å². The van der Waals surface area contributed by atoms with Crippen molar-refractivity contribution in [1.29, 1.82) is 0 Å². The number of H-pyrrole nitrogens is 3. The highest BCUT2D eigenvalue weighted by molar-refractivity contribution is 9.10. The summed E-state index contributed by atoms with van der Waals surface area (Å²) in [5, 5.41) is 39.7. The van der Waals surface area contributed by atoms with Crippen LogP contribution in [0, 0.1) is 0 Å². The Hall–Kier alpha value is -6.89. The number of anilines is 2. The van der Waals surface area contributed by atoms with Crippen LogP contribution in [0.5, 0.6) is 11.5 Å². The standard InChI is InChI=1S/C25H26N4O3.C18H19BrN4O.C12H7BrClN3/c1-32-23-11-15(2-8-22(23)31)17-10-20-21(14-28-25(20)27-13-17)16-3-9-24(26-12-16)29-18-4-6-19(30)7-5-18;19-12-7-15-16(10-22-18(15)21-9-12)11-1-6-17(20-8-11)23-13-2-4-14(24)5-3-13;13-8-3-9-10(6-17-12(9)16-5-8)7-1-2-11(14)15-4-7/h2-3,8-14,18-19,30-31H,4-7H2,1H3,(H,26,29)(H,27,28);1,6-10,13-14,24H,2-5H2,(H,20,23)(H,21,22);1-6H,(H,16,17). The summed E-state index contributed by atoms with van der Waals surface area (Å²) in [6, 6.07) is 24.1. The van der Waals surface area contributed by atoms with Gasteiger partial charge in [-0.15, -0.1) is 0 Å². The summed E-state index contributed by atoms with van der Waals surface area (Å²) in [6.45, 7) is 0. The van der Waals surface area contributed by atoms with Crippen molar-refractivity contribution in [2.45, 2.75) is 75.7 Å². The van der Waals surface area contributed by atoms with Crippen molar-refractivity contribution in [1.82, 2.24) is 44.9 Å². The fraction of sp³-hybridized carbons (Fsp3) is 0.236. The number of aliphatic hydroxyl groups excluding tert-OH is 2. The largest absolute Gasteiger partial charge is 0.504 e. The van der Waals surface area contributed by atoms with Crippen molar-refractivity contribution in [2.24, 2.45) is 0 Å². The minimum absolute atomic E-state index is 0.108. The number of ether oxygens (including phenoxy) is 1. The van der Waals surface area contributed by atoms with Gasteiger partial charge in [0.1, 0.15) is 33.7 Å². The highest BCUT2D eigenvalue weighted by atomic mass is 79.9. The Labute approximate surface area is 442 Å². The third-order valence-electron chi connectivity index (χ3n) is 13.3. The second kappa shape index (κ2) is 22.5. The maximum absolute atomic E-state index is 9.88. The number of nitrogens with one attached hydrogen (secondary N) is 5. The van der Waals surface area contributed by atoms with Gasteiger partial charge in [0.25, 0.3) is 0 Å².